The minimum atomic E-state index is -0.373. The SMILES string of the molecule is COC(=O)c1c(NC(=O)c2cc3sccc3n2C)sc2c1CCCC2. The van der Waals surface area contributed by atoms with E-state index in [1.54, 1.807) is 11.3 Å². The molecule has 3 heterocycles. The zero-order valence-corrected chi connectivity index (χ0v) is 15.7. The molecule has 3 aromatic rings. The van der Waals surface area contributed by atoms with E-state index in [-0.39, 0.29) is 11.9 Å². The van der Waals surface area contributed by atoms with Crippen molar-refractivity contribution in [3.05, 3.63) is 39.2 Å². The van der Waals surface area contributed by atoms with Crippen LogP contribution in [0.3, 0.4) is 0 Å². The molecule has 1 amide bonds. The van der Waals surface area contributed by atoms with Gasteiger partial charge in [-0.3, -0.25) is 4.79 Å². The Hall–Kier alpha value is -2.12. The summed E-state index contributed by atoms with van der Waals surface area (Å²) in [6.07, 6.45) is 4.01. The van der Waals surface area contributed by atoms with E-state index in [0.717, 1.165) is 41.5 Å². The number of aromatic nitrogens is 1. The lowest BCUT2D eigenvalue weighted by atomic mass is 9.95. The molecule has 0 radical (unpaired) electrons. The largest absolute Gasteiger partial charge is 0.465 e. The number of thiophene rings is 2. The van der Waals surface area contributed by atoms with Gasteiger partial charge in [0, 0.05) is 11.9 Å². The van der Waals surface area contributed by atoms with E-state index < -0.39 is 0 Å². The number of rotatable bonds is 3. The topological polar surface area (TPSA) is 60.3 Å². The lowest BCUT2D eigenvalue weighted by Gasteiger charge is -2.11. The molecular weight excluding hydrogens is 356 g/mol. The molecule has 0 saturated heterocycles. The predicted molar refractivity (Wildman–Crippen MR) is 101 cm³/mol. The first kappa shape index (κ1) is 16.4. The van der Waals surface area contributed by atoms with Crippen LogP contribution in [0.5, 0.6) is 0 Å². The summed E-state index contributed by atoms with van der Waals surface area (Å²) in [6, 6.07) is 3.89. The predicted octanol–water partition coefficient (Wildman–Crippen LogP) is 4.22. The van der Waals surface area contributed by atoms with Crippen molar-refractivity contribution in [2.24, 2.45) is 7.05 Å². The normalized spacial score (nSPS) is 13.7. The van der Waals surface area contributed by atoms with Crippen LogP contribution in [-0.2, 0) is 24.6 Å². The highest BCUT2D eigenvalue weighted by Crippen LogP contribution is 2.39. The number of methoxy groups -OCH3 is 1. The highest BCUT2D eigenvalue weighted by molar-refractivity contribution is 7.17. The van der Waals surface area contributed by atoms with Gasteiger partial charge < -0.3 is 14.6 Å². The standard InChI is InChI=1S/C18H18N2O3S2/c1-20-11-7-8-24-14(11)9-12(20)16(21)19-17-15(18(22)23-2)10-5-3-4-6-13(10)25-17/h7-9H,3-6H2,1-2H3,(H,19,21). The number of fused-ring (bicyclic) bond motifs is 2. The van der Waals surface area contributed by atoms with Gasteiger partial charge >= 0.3 is 5.97 Å². The molecule has 0 bridgehead atoms. The number of amides is 1. The Labute approximate surface area is 153 Å². The highest BCUT2D eigenvalue weighted by Gasteiger charge is 2.27. The monoisotopic (exact) mass is 374 g/mol. The average Bonchev–Trinajstić information content (AvgIpc) is 3.28. The Bertz CT molecular complexity index is 980. The summed E-state index contributed by atoms with van der Waals surface area (Å²) in [4.78, 5) is 26.3. The number of hydrogen-bond acceptors (Lipinski definition) is 5. The lowest BCUT2D eigenvalue weighted by molar-refractivity contribution is 0.0601. The molecule has 0 fully saturated rings. The van der Waals surface area contributed by atoms with Crippen molar-refractivity contribution < 1.29 is 14.3 Å². The first-order valence-corrected chi connectivity index (χ1v) is 9.87. The molecular formula is C18H18N2O3S2. The van der Waals surface area contributed by atoms with Crippen LogP contribution in [0.4, 0.5) is 5.00 Å². The Morgan fingerprint density at radius 2 is 2.08 bits per heavy atom. The van der Waals surface area contributed by atoms with Crippen LogP contribution in [0.25, 0.3) is 10.2 Å². The first-order chi connectivity index (χ1) is 12.1. The van der Waals surface area contributed by atoms with Crippen LogP contribution in [-0.4, -0.2) is 23.6 Å². The molecule has 0 aromatic carbocycles. The van der Waals surface area contributed by atoms with Crippen molar-refractivity contribution in [3.63, 3.8) is 0 Å². The van der Waals surface area contributed by atoms with E-state index in [1.165, 1.54) is 23.3 Å². The molecule has 0 spiro atoms. The molecule has 1 aliphatic carbocycles. The van der Waals surface area contributed by atoms with Crippen molar-refractivity contribution in [2.75, 3.05) is 12.4 Å². The molecule has 130 valence electrons. The van der Waals surface area contributed by atoms with Gasteiger partial charge in [0.2, 0.25) is 0 Å². The van der Waals surface area contributed by atoms with Gasteiger partial charge in [0.05, 0.1) is 22.9 Å². The maximum Gasteiger partial charge on any atom is 0.341 e. The minimum Gasteiger partial charge on any atom is -0.465 e. The van der Waals surface area contributed by atoms with Crippen LogP contribution < -0.4 is 5.32 Å². The van der Waals surface area contributed by atoms with E-state index >= 15 is 0 Å². The Morgan fingerprint density at radius 1 is 1.28 bits per heavy atom. The summed E-state index contributed by atoms with van der Waals surface area (Å²) < 4.78 is 7.92. The van der Waals surface area contributed by atoms with Gasteiger partial charge in [0.15, 0.2) is 0 Å². The summed E-state index contributed by atoms with van der Waals surface area (Å²) in [7, 11) is 3.26. The number of carbonyl (C=O) groups excluding carboxylic acids is 2. The number of hydrogen-bond donors (Lipinski definition) is 1. The van der Waals surface area contributed by atoms with Crippen molar-refractivity contribution >= 4 is 49.8 Å². The quantitative estimate of drug-likeness (QED) is 0.698. The highest BCUT2D eigenvalue weighted by atomic mass is 32.1. The zero-order chi connectivity index (χ0) is 17.6. The third-order valence-electron chi connectivity index (χ3n) is 4.68. The summed E-state index contributed by atoms with van der Waals surface area (Å²) in [5.74, 6) is -0.572. The summed E-state index contributed by atoms with van der Waals surface area (Å²) in [6.45, 7) is 0. The first-order valence-electron chi connectivity index (χ1n) is 8.17. The third-order valence-corrected chi connectivity index (χ3v) is 6.74. The van der Waals surface area contributed by atoms with Crippen LogP contribution in [0.1, 0.15) is 44.1 Å². The number of carbonyl (C=O) groups is 2. The molecule has 5 nitrogen and oxygen atoms in total. The second-order valence-corrected chi connectivity index (χ2v) is 8.17. The maximum absolute atomic E-state index is 12.8. The molecule has 0 aliphatic heterocycles. The van der Waals surface area contributed by atoms with Crippen LogP contribution >= 0.6 is 22.7 Å². The Kier molecular flexibility index (Phi) is 4.13. The molecule has 3 aromatic heterocycles. The smallest absolute Gasteiger partial charge is 0.341 e. The Balaban J connectivity index is 1.71. The van der Waals surface area contributed by atoms with E-state index in [0.29, 0.717) is 16.3 Å². The van der Waals surface area contributed by atoms with Crippen LogP contribution in [0, 0.1) is 0 Å². The average molecular weight is 374 g/mol. The molecule has 0 saturated carbocycles. The number of ether oxygens (including phenoxy) is 1. The van der Waals surface area contributed by atoms with Crippen molar-refractivity contribution in [2.45, 2.75) is 25.7 Å². The van der Waals surface area contributed by atoms with Gasteiger partial charge in [-0.05, 0) is 48.8 Å². The zero-order valence-electron chi connectivity index (χ0n) is 14.0. The molecule has 1 aliphatic rings. The van der Waals surface area contributed by atoms with Gasteiger partial charge in [-0.15, -0.1) is 22.7 Å². The van der Waals surface area contributed by atoms with Crippen molar-refractivity contribution in [3.8, 4) is 0 Å². The lowest BCUT2D eigenvalue weighted by Crippen LogP contribution is -2.17. The number of anilines is 1. The second-order valence-electron chi connectivity index (χ2n) is 6.12. The maximum atomic E-state index is 12.8. The van der Waals surface area contributed by atoms with Gasteiger partial charge in [-0.25, -0.2) is 4.79 Å². The molecule has 4 rings (SSSR count). The molecule has 25 heavy (non-hydrogen) atoms. The van der Waals surface area contributed by atoms with Gasteiger partial charge in [-0.2, -0.15) is 0 Å². The third kappa shape index (κ3) is 2.67. The minimum absolute atomic E-state index is 0.199. The summed E-state index contributed by atoms with van der Waals surface area (Å²) in [5, 5.41) is 5.57. The van der Waals surface area contributed by atoms with E-state index in [1.807, 2.05) is 29.1 Å². The van der Waals surface area contributed by atoms with Crippen LogP contribution in [0.15, 0.2) is 17.5 Å². The molecule has 7 heteroatoms. The fourth-order valence-corrected chi connectivity index (χ4v) is 5.53. The number of esters is 1. The number of nitrogens with zero attached hydrogens (tertiary/aromatic N) is 1. The molecule has 1 N–H and O–H groups in total. The van der Waals surface area contributed by atoms with E-state index in [2.05, 4.69) is 5.32 Å². The fraction of sp³-hybridized carbons (Fsp3) is 0.333. The fourth-order valence-electron chi connectivity index (χ4n) is 3.41. The van der Waals surface area contributed by atoms with Crippen molar-refractivity contribution in [1.29, 1.82) is 0 Å². The van der Waals surface area contributed by atoms with Crippen LogP contribution in [0.2, 0.25) is 0 Å². The van der Waals surface area contributed by atoms with E-state index in [4.69, 9.17) is 4.74 Å². The van der Waals surface area contributed by atoms with Gasteiger partial charge in [0.1, 0.15) is 10.7 Å². The van der Waals surface area contributed by atoms with Gasteiger partial charge in [0.25, 0.3) is 5.91 Å². The molecule has 0 atom stereocenters. The number of nitrogens with one attached hydrogen (secondary N) is 1. The van der Waals surface area contributed by atoms with Gasteiger partial charge in [-0.1, -0.05) is 0 Å². The Morgan fingerprint density at radius 3 is 2.84 bits per heavy atom. The molecule has 0 unspecified atom stereocenters. The second kappa shape index (κ2) is 6.31. The summed E-state index contributed by atoms with van der Waals surface area (Å²) in [5.41, 5.74) is 3.20. The number of aryl methyl sites for hydroxylation is 2. The van der Waals surface area contributed by atoms with E-state index in [9.17, 15) is 9.59 Å². The summed E-state index contributed by atoms with van der Waals surface area (Å²) >= 11 is 3.11. The van der Waals surface area contributed by atoms with Crippen molar-refractivity contribution in [1.82, 2.24) is 4.57 Å².